The van der Waals surface area contributed by atoms with Crippen LogP contribution in [0.25, 0.3) is 10.8 Å². The van der Waals surface area contributed by atoms with Crippen LogP contribution in [-0.4, -0.2) is 106 Å². The Labute approximate surface area is 338 Å². The number of benzene rings is 1. The molecule has 1 unspecified atom stereocenters. The number of carboxylic acid groups (broad SMARTS) is 1. The number of amides is 4. The predicted molar refractivity (Wildman–Crippen MR) is 211 cm³/mol. The molecular weight excluding hydrogens is 767 g/mol. The van der Waals surface area contributed by atoms with Gasteiger partial charge in [-0.25, -0.2) is 18.2 Å². The van der Waals surface area contributed by atoms with Crippen molar-refractivity contribution in [2.24, 2.45) is 29.6 Å². The summed E-state index contributed by atoms with van der Waals surface area (Å²) in [4.78, 5) is 64.6. The molecule has 4 amide bonds. The highest BCUT2D eigenvalue weighted by atomic mass is 32.2. The van der Waals surface area contributed by atoms with E-state index in [0.29, 0.717) is 80.5 Å². The van der Waals surface area contributed by atoms with Crippen LogP contribution in [0.5, 0.6) is 17.4 Å². The van der Waals surface area contributed by atoms with Gasteiger partial charge in [0, 0.05) is 35.3 Å². The van der Waals surface area contributed by atoms with Crippen molar-refractivity contribution in [1.29, 1.82) is 0 Å². The minimum Gasteiger partial charge on any atom is -0.486 e. The molecule has 0 radical (unpaired) electrons. The van der Waals surface area contributed by atoms with Crippen LogP contribution in [0.1, 0.15) is 85.0 Å². The maximum Gasteiger partial charge on any atom is 0.408 e. The fraction of sp³-hybridized carbons (Fsp3) is 0.643. The summed E-state index contributed by atoms with van der Waals surface area (Å²) in [5.74, 6) is -0.253. The van der Waals surface area contributed by atoms with Gasteiger partial charge in [-0.15, -0.1) is 0 Å². The van der Waals surface area contributed by atoms with Crippen molar-refractivity contribution < 1.29 is 46.9 Å². The normalized spacial score (nSPS) is 35.6. The zero-order valence-corrected chi connectivity index (χ0v) is 34.0. The maximum atomic E-state index is 15.3. The first kappa shape index (κ1) is 38.9. The van der Waals surface area contributed by atoms with Crippen LogP contribution >= 0.6 is 0 Å². The number of rotatable bonds is 7. The van der Waals surface area contributed by atoms with Crippen LogP contribution < -0.4 is 24.2 Å². The van der Waals surface area contributed by atoms with Crippen LogP contribution in [-0.2, 0) is 24.4 Å². The number of nitrogens with one attached hydrogen (secondary N) is 2. The van der Waals surface area contributed by atoms with Crippen LogP contribution in [0.4, 0.5) is 4.79 Å². The summed E-state index contributed by atoms with van der Waals surface area (Å²) in [6.45, 7) is 6.39. The fourth-order valence-corrected chi connectivity index (χ4v) is 11.5. The molecule has 3 aliphatic heterocycles. The predicted octanol–water partition coefficient (Wildman–Crippen LogP) is 4.39. The Morgan fingerprint density at radius 3 is 2.53 bits per heavy atom. The molecule has 58 heavy (non-hydrogen) atoms. The van der Waals surface area contributed by atoms with Gasteiger partial charge in [0.25, 0.3) is 5.91 Å². The Morgan fingerprint density at radius 1 is 1.03 bits per heavy atom. The standard InChI is InChI=1S/C42H53N5O10S/c1-23-6-4-5-7-27-21-42(27,39(50)45-58(53,54)41(3)11-12-41)44-36(48)32-20-29(57-37-31-8-9-33-35(56-15-14-55-33)30(31)10-13-43-37)22-46(32)38(49)34(24(2)16-23)47(40(51)52)28-18-25-17-26(25)19-28/h5,7-10,13,23-29,32,34H,4,6,11-12,14-22H2,1-3H3,(H,44,48)(H,45,50)(H,51,52)/b7-5-/t23-,24-,25+,26?,27-,28-,29-,32+,34+,42-/m1/s1. The Kier molecular flexibility index (Phi) is 9.59. The van der Waals surface area contributed by atoms with E-state index in [4.69, 9.17) is 14.2 Å². The van der Waals surface area contributed by atoms with Gasteiger partial charge in [-0.05, 0) is 107 Å². The van der Waals surface area contributed by atoms with Crippen molar-refractivity contribution in [1.82, 2.24) is 24.8 Å². The number of ether oxygens (including phenoxy) is 3. The zero-order valence-electron chi connectivity index (χ0n) is 33.2. The lowest BCUT2D eigenvalue weighted by Gasteiger charge is -2.40. The smallest absolute Gasteiger partial charge is 0.408 e. The van der Waals surface area contributed by atoms with Crippen LogP contribution in [0, 0.1) is 29.6 Å². The number of nitrogens with zero attached hydrogens (tertiary/aromatic N) is 3. The first-order chi connectivity index (χ1) is 27.7. The van der Waals surface area contributed by atoms with Gasteiger partial charge in [-0.1, -0.05) is 26.0 Å². The number of carbonyl (C=O) groups is 4. The number of hydrogen-bond donors (Lipinski definition) is 3. The molecule has 2 aromatic rings. The Bertz CT molecular complexity index is 2170. The highest BCUT2D eigenvalue weighted by molar-refractivity contribution is 7.91. The number of pyridine rings is 1. The summed E-state index contributed by atoms with van der Waals surface area (Å²) in [5.41, 5.74) is -1.55. The highest BCUT2D eigenvalue weighted by Crippen LogP contribution is 2.54. The molecule has 9 rings (SSSR count). The largest absolute Gasteiger partial charge is 0.486 e. The second kappa shape index (κ2) is 14.3. The fourth-order valence-electron chi connectivity index (χ4n) is 10.2. The van der Waals surface area contributed by atoms with E-state index in [0.717, 1.165) is 18.2 Å². The second-order valence-corrected chi connectivity index (χ2v) is 20.5. The van der Waals surface area contributed by atoms with E-state index in [-0.39, 0.29) is 43.1 Å². The van der Waals surface area contributed by atoms with E-state index in [1.807, 2.05) is 25.1 Å². The Morgan fingerprint density at radius 2 is 1.79 bits per heavy atom. The van der Waals surface area contributed by atoms with Gasteiger partial charge in [-0.2, -0.15) is 0 Å². The summed E-state index contributed by atoms with van der Waals surface area (Å²) in [6.07, 6.45) is 9.11. The summed E-state index contributed by atoms with van der Waals surface area (Å²) in [7, 11) is -4.02. The average Bonchev–Trinajstić information content (AvgIpc) is 4.14. The maximum absolute atomic E-state index is 15.3. The van der Waals surface area contributed by atoms with Crippen LogP contribution in [0.3, 0.4) is 0 Å². The van der Waals surface area contributed by atoms with Crippen molar-refractivity contribution in [3.63, 3.8) is 0 Å². The number of fused-ring (bicyclic) bond motifs is 6. The second-order valence-electron chi connectivity index (χ2n) is 18.3. The quantitative estimate of drug-likeness (QED) is 0.336. The van der Waals surface area contributed by atoms with E-state index in [2.05, 4.69) is 21.9 Å². The van der Waals surface area contributed by atoms with Crippen LogP contribution in [0.15, 0.2) is 36.5 Å². The average molecular weight is 820 g/mol. The lowest BCUT2D eigenvalue weighted by molar-refractivity contribution is -0.145. The van der Waals surface area contributed by atoms with Gasteiger partial charge in [0.2, 0.25) is 27.7 Å². The van der Waals surface area contributed by atoms with E-state index in [1.54, 1.807) is 25.3 Å². The number of hydrogen-bond acceptors (Lipinski definition) is 10. The molecule has 1 aromatic carbocycles. The van der Waals surface area contributed by atoms with Gasteiger partial charge in [0.15, 0.2) is 11.5 Å². The van der Waals surface area contributed by atoms with Gasteiger partial charge in [0.1, 0.15) is 36.9 Å². The minimum absolute atomic E-state index is 0.0208. The molecule has 4 aliphatic carbocycles. The van der Waals surface area contributed by atoms with Crippen molar-refractivity contribution in [3.8, 4) is 17.4 Å². The van der Waals surface area contributed by atoms with Crippen molar-refractivity contribution in [2.75, 3.05) is 19.8 Å². The first-order valence-corrected chi connectivity index (χ1v) is 22.4. The number of aromatic nitrogens is 1. The molecule has 5 fully saturated rings. The number of sulfonamides is 1. The zero-order chi connectivity index (χ0) is 40.7. The van der Waals surface area contributed by atoms with Crippen LogP contribution in [0.2, 0.25) is 0 Å². The topological polar surface area (TPSA) is 194 Å². The third kappa shape index (κ3) is 6.92. The molecule has 7 aliphatic rings. The summed E-state index contributed by atoms with van der Waals surface area (Å²) < 4.78 is 46.1. The number of carbonyl (C=O) groups excluding carboxylic acids is 3. The van der Waals surface area contributed by atoms with Gasteiger partial charge in [-0.3, -0.25) is 24.0 Å². The molecule has 1 saturated heterocycles. The molecule has 15 nitrogen and oxygen atoms in total. The van der Waals surface area contributed by atoms with E-state index < -0.39 is 68.2 Å². The molecule has 4 heterocycles. The lowest BCUT2D eigenvalue weighted by Crippen LogP contribution is -2.61. The SMILES string of the molecule is C[C@@H]1CC/C=C\[C@@H]2C[C@@]2(C(=O)NS(=O)(=O)C2(C)CC2)NC(=O)[C@@H]2C[C@@H](Oc3nccc4c5c(ccc34)OCCO5)CN2C(=O)[C@@H](N(C(=O)O)[C@H]2CC3C[C@H]3C2)[C@H](C)C1. The minimum atomic E-state index is -4.02. The Hall–Kier alpha value is -4.60. The van der Waals surface area contributed by atoms with Gasteiger partial charge in [0.05, 0.1) is 11.3 Å². The molecule has 1 aromatic heterocycles. The van der Waals surface area contributed by atoms with Crippen molar-refractivity contribution in [3.05, 3.63) is 36.5 Å². The third-order valence-electron chi connectivity index (χ3n) is 14.0. The summed E-state index contributed by atoms with van der Waals surface area (Å²) >= 11 is 0. The number of allylic oxidation sites excluding steroid dienone is 1. The van der Waals surface area contributed by atoms with Gasteiger partial charge >= 0.3 is 6.09 Å². The molecule has 4 saturated carbocycles. The molecule has 0 spiro atoms. The summed E-state index contributed by atoms with van der Waals surface area (Å²) in [5, 5.41) is 15.1. The van der Waals surface area contributed by atoms with E-state index >= 15 is 4.79 Å². The molecule has 0 bridgehead atoms. The first-order valence-electron chi connectivity index (χ1n) is 20.9. The molecular formula is C42H53N5O10S. The summed E-state index contributed by atoms with van der Waals surface area (Å²) in [6, 6.07) is 2.88. The van der Waals surface area contributed by atoms with E-state index in [1.165, 1.54) is 9.80 Å². The molecule has 3 N–H and O–H groups in total. The molecule has 312 valence electrons. The molecule has 16 heteroatoms. The molecule has 10 atom stereocenters. The third-order valence-corrected chi connectivity index (χ3v) is 16.2. The lowest BCUT2D eigenvalue weighted by atomic mass is 9.86. The van der Waals surface area contributed by atoms with E-state index in [9.17, 15) is 27.9 Å². The van der Waals surface area contributed by atoms with Gasteiger partial charge < -0.3 is 29.5 Å². The Balaban J connectivity index is 1.07. The monoisotopic (exact) mass is 819 g/mol. The highest BCUT2D eigenvalue weighted by Gasteiger charge is 2.63. The van der Waals surface area contributed by atoms with Crippen molar-refractivity contribution in [2.45, 2.75) is 119 Å². The van der Waals surface area contributed by atoms with Crippen molar-refractivity contribution >= 4 is 44.6 Å².